The van der Waals surface area contributed by atoms with E-state index in [4.69, 9.17) is 5.73 Å². The topological polar surface area (TPSA) is 71.8 Å². The zero-order valence-electron chi connectivity index (χ0n) is 10.6. The molecule has 3 aromatic rings. The monoisotopic (exact) mass is 261 g/mol. The van der Waals surface area contributed by atoms with E-state index in [2.05, 4.69) is 21.8 Å². The molecule has 4 heteroatoms. The SMILES string of the molecule is NC(=O)c1cccc(C#Cc2cc3cccnc3[nH]2)c1. The molecule has 0 fully saturated rings. The molecule has 0 saturated carbocycles. The van der Waals surface area contributed by atoms with Crippen LogP contribution >= 0.6 is 0 Å². The number of primary amides is 1. The van der Waals surface area contributed by atoms with E-state index < -0.39 is 5.91 Å². The van der Waals surface area contributed by atoms with Crippen LogP contribution in [-0.2, 0) is 0 Å². The van der Waals surface area contributed by atoms with Gasteiger partial charge in [-0.05, 0) is 42.3 Å². The number of fused-ring (bicyclic) bond motifs is 1. The maximum Gasteiger partial charge on any atom is 0.248 e. The van der Waals surface area contributed by atoms with Gasteiger partial charge in [0.1, 0.15) is 5.65 Å². The van der Waals surface area contributed by atoms with Gasteiger partial charge in [-0.25, -0.2) is 4.98 Å². The van der Waals surface area contributed by atoms with Crippen molar-refractivity contribution in [1.29, 1.82) is 0 Å². The highest BCUT2D eigenvalue weighted by Gasteiger charge is 2.00. The normalized spacial score (nSPS) is 10.0. The van der Waals surface area contributed by atoms with E-state index in [0.717, 1.165) is 22.3 Å². The minimum atomic E-state index is -0.455. The second-order valence-corrected chi connectivity index (χ2v) is 4.32. The Morgan fingerprint density at radius 2 is 2.05 bits per heavy atom. The first kappa shape index (κ1) is 12.0. The lowest BCUT2D eigenvalue weighted by atomic mass is 10.1. The van der Waals surface area contributed by atoms with Crippen LogP contribution in [0.15, 0.2) is 48.7 Å². The number of carbonyl (C=O) groups is 1. The number of carbonyl (C=O) groups excluding carboxylic acids is 1. The standard InChI is InChI=1S/C16H11N3O/c17-15(20)12-4-1-3-11(9-12)6-7-14-10-13-5-2-8-18-16(13)19-14/h1-5,8-10H,(H2,17,20)(H,18,19). The van der Waals surface area contributed by atoms with Gasteiger partial charge in [0.25, 0.3) is 0 Å². The Kier molecular flexibility index (Phi) is 2.94. The van der Waals surface area contributed by atoms with Gasteiger partial charge >= 0.3 is 0 Å². The van der Waals surface area contributed by atoms with Crippen LogP contribution in [0.1, 0.15) is 21.6 Å². The number of nitrogens with one attached hydrogen (secondary N) is 1. The third-order valence-corrected chi connectivity index (χ3v) is 2.88. The quantitative estimate of drug-likeness (QED) is 0.658. The van der Waals surface area contributed by atoms with Gasteiger partial charge in [-0.2, -0.15) is 0 Å². The third kappa shape index (κ3) is 2.38. The molecule has 0 spiro atoms. The number of pyridine rings is 1. The molecule has 0 saturated heterocycles. The Balaban J connectivity index is 1.95. The summed E-state index contributed by atoms with van der Waals surface area (Å²) in [6.45, 7) is 0. The van der Waals surface area contributed by atoms with Crippen LogP contribution < -0.4 is 5.73 Å². The molecule has 0 aliphatic heterocycles. The lowest BCUT2D eigenvalue weighted by Crippen LogP contribution is -2.10. The van der Waals surface area contributed by atoms with Crippen LogP contribution in [0.3, 0.4) is 0 Å². The first-order valence-electron chi connectivity index (χ1n) is 6.08. The van der Waals surface area contributed by atoms with Crippen LogP contribution in [0.2, 0.25) is 0 Å². The average molecular weight is 261 g/mol. The summed E-state index contributed by atoms with van der Waals surface area (Å²) in [4.78, 5) is 18.4. The highest BCUT2D eigenvalue weighted by Crippen LogP contribution is 2.11. The molecule has 1 amide bonds. The molecule has 0 bridgehead atoms. The smallest absolute Gasteiger partial charge is 0.248 e. The number of aromatic nitrogens is 2. The zero-order valence-corrected chi connectivity index (χ0v) is 10.6. The number of aromatic amines is 1. The number of hydrogen-bond acceptors (Lipinski definition) is 2. The molecule has 0 unspecified atom stereocenters. The molecule has 0 aliphatic rings. The molecule has 96 valence electrons. The lowest BCUT2D eigenvalue weighted by Gasteiger charge is -1.94. The molecular formula is C16H11N3O. The van der Waals surface area contributed by atoms with Crippen LogP contribution in [-0.4, -0.2) is 15.9 Å². The second kappa shape index (κ2) is 4.90. The van der Waals surface area contributed by atoms with Crippen molar-refractivity contribution >= 4 is 16.9 Å². The van der Waals surface area contributed by atoms with Gasteiger partial charge in [0.2, 0.25) is 5.91 Å². The van der Waals surface area contributed by atoms with Crippen molar-refractivity contribution < 1.29 is 4.79 Å². The van der Waals surface area contributed by atoms with E-state index in [9.17, 15) is 4.79 Å². The third-order valence-electron chi connectivity index (χ3n) is 2.88. The molecule has 1 aromatic carbocycles. The number of hydrogen-bond donors (Lipinski definition) is 2. The fraction of sp³-hybridized carbons (Fsp3) is 0. The number of nitrogens with two attached hydrogens (primary N) is 1. The molecule has 4 nitrogen and oxygen atoms in total. The van der Waals surface area contributed by atoms with Gasteiger partial charge < -0.3 is 10.7 Å². The maximum atomic E-state index is 11.1. The van der Waals surface area contributed by atoms with E-state index in [1.807, 2.05) is 24.3 Å². The van der Waals surface area contributed by atoms with Crippen molar-refractivity contribution in [3.05, 3.63) is 65.5 Å². The molecule has 2 aromatic heterocycles. The molecule has 0 atom stereocenters. The highest BCUT2D eigenvalue weighted by atomic mass is 16.1. The van der Waals surface area contributed by atoms with E-state index in [0.29, 0.717) is 5.56 Å². The Morgan fingerprint density at radius 1 is 1.15 bits per heavy atom. The van der Waals surface area contributed by atoms with E-state index in [-0.39, 0.29) is 0 Å². The largest absolute Gasteiger partial charge is 0.366 e. The second-order valence-electron chi connectivity index (χ2n) is 4.32. The fourth-order valence-corrected chi connectivity index (χ4v) is 1.91. The highest BCUT2D eigenvalue weighted by molar-refractivity contribution is 5.93. The number of nitrogens with zero attached hydrogens (tertiary/aromatic N) is 1. The first-order valence-corrected chi connectivity index (χ1v) is 6.08. The Bertz CT molecular complexity index is 820. The summed E-state index contributed by atoms with van der Waals surface area (Å²) < 4.78 is 0. The predicted molar refractivity (Wildman–Crippen MR) is 77.0 cm³/mol. The summed E-state index contributed by atoms with van der Waals surface area (Å²) in [5, 5.41) is 1.02. The number of amides is 1. The van der Waals surface area contributed by atoms with Crippen molar-refractivity contribution in [2.24, 2.45) is 5.73 Å². The number of H-pyrrole nitrogens is 1. The van der Waals surface area contributed by atoms with Crippen LogP contribution in [0.5, 0.6) is 0 Å². The van der Waals surface area contributed by atoms with E-state index >= 15 is 0 Å². The fourth-order valence-electron chi connectivity index (χ4n) is 1.91. The minimum Gasteiger partial charge on any atom is -0.366 e. The molecule has 0 aliphatic carbocycles. The van der Waals surface area contributed by atoms with Gasteiger partial charge in [-0.3, -0.25) is 4.79 Å². The van der Waals surface area contributed by atoms with Gasteiger partial charge in [0, 0.05) is 22.7 Å². The molecule has 3 N–H and O–H groups in total. The molecule has 2 heterocycles. The van der Waals surface area contributed by atoms with Gasteiger partial charge in [0.15, 0.2) is 0 Å². The van der Waals surface area contributed by atoms with Crippen LogP contribution in [0.4, 0.5) is 0 Å². The summed E-state index contributed by atoms with van der Waals surface area (Å²) in [5.41, 5.74) is 8.03. The van der Waals surface area contributed by atoms with Crippen LogP contribution in [0, 0.1) is 11.8 Å². The number of benzene rings is 1. The van der Waals surface area contributed by atoms with Crippen molar-refractivity contribution in [3.63, 3.8) is 0 Å². The minimum absolute atomic E-state index is 0.454. The van der Waals surface area contributed by atoms with E-state index in [1.165, 1.54) is 0 Å². The molecular weight excluding hydrogens is 250 g/mol. The summed E-state index contributed by atoms with van der Waals surface area (Å²) in [5.74, 6) is 5.56. The van der Waals surface area contributed by atoms with Crippen molar-refractivity contribution in [2.75, 3.05) is 0 Å². The first-order chi connectivity index (χ1) is 9.72. The average Bonchev–Trinajstić information content (AvgIpc) is 2.88. The maximum absolute atomic E-state index is 11.1. The van der Waals surface area contributed by atoms with Crippen LogP contribution in [0.25, 0.3) is 11.0 Å². The summed E-state index contributed by atoms with van der Waals surface area (Å²) in [6, 6.07) is 12.7. The Hall–Kier alpha value is -3.06. The predicted octanol–water partition coefficient (Wildman–Crippen LogP) is 2.06. The van der Waals surface area contributed by atoms with Gasteiger partial charge in [-0.1, -0.05) is 12.0 Å². The van der Waals surface area contributed by atoms with Gasteiger partial charge in [0.05, 0.1) is 5.69 Å². The summed E-state index contributed by atoms with van der Waals surface area (Å²) in [7, 11) is 0. The molecule has 3 rings (SSSR count). The molecule has 20 heavy (non-hydrogen) atoms. The summed E-state index contributed by atoms with van der Waals surface area (Å²) >= 11 is 0. The number of rotatable bonds is 1. The Labute approximate surface area is 115 Å². The Morgan fingerprint density at radius 3 is 2.85 bits per heavy atom. The summed E-state index contributed by atoms with van der Waals surface area (Å²) in [6.07, 6.45) is 1.73. The van der Waals surface area contributed by atoms with Gasteiger partial charge in [-0.15, -0.1) is 0 Å². The molecule has 0 radical (unpaired) electrons. The van der Waals surface area contributed by atoms with Crippen molar-refractivity contribution in [2.45, 2.75) is 0 Å². The van der Waals surface area contributed by atoms with E-state index in [1.54, 1.807) is 24.4 Å². The lowest BCUT2D eigenvalue weighted by molar-refractivity contribution is 0.100. The van der Waals surface area contributed by atoms with Crippen molar-refractivity contribution in [1.82, 2.24) is 9.97 Å². The van der Waals surface area contributed by atoms with Crippen molar-refractivity contribution in [3.8, 4) is 11.8 Å². The zero-order chi connectivity index (χ0) is 13.9.